The zero-order chi connectivity index (χ0) is 6.53. The Kier molecular flexibility index (Phi) is 2.78. The summed E-state index contributed by atoms with van der Waals surface area (Å²) in [5, 5.41) is 0. The fourth-order valence-corrected chi connectivity index (χ4v) is 1.12. The second kappa shape index (κ2) is 3.67. The standard InChI is InChI=1S/C8H15N/c1-9-7-5-3-2-4-6-8-9/h2-3H,4-8H2,1H3/b3-2+. The second-order valence-corrected chi connectivity index (χ2v) is 2.71. The predicted molar refractivity (Wildman–Crippen MR) is 40.5 cm³/mol. The lowest BCUT2D eigenvalue weighted by atomic mass is 10.2. The van der Waals surface area contributed by atoms with Crippen molar-refractivity contribution in [2.24, 2.45) is 0 Å². The van der Waals surface area contributed by atoms with Crippen LogP contribution in [0.4, 0.5) is 0 Å². The fraction of sp³-hybridized carbons (Fsp3) is 0.750. The van der Waals surface area contributed by atoms with E-state index in [1.807, 2.05) is 0 Å². The smallest absolute Gasteiger partial charge is 0.00129 e. The second-order valence-electron chi connectivity index (χ2n) is 2.71. The molecule has 1 aliphatic rings. The molecule has 0 aliphatic carbocycles. The van der Waals surface area contributed by atoms with E-state index in [1.165, 1.54) is 32.4 Å². The molecule has 0 aromatic rings. The maximum atomic E-state index is 2.39. The molecule has 1 nitrogen and oxygen atoms in total. The minimum absolute atomic E-state index is 1.23. The van der Waals surface area contributed by atoms with Gasteiger partial charge in [0.2, 0.25) is 0 Å². The molecule has 0 aromatic carbocycles. The summed E-state index contributed by atoms with van der Waals surface area (Å²) < 4.78 is 0. The highest BCUT2D eigenvalue weighted by Crippen LogP contribution is 2.00. The van der Waals surface area contributed by atoms with Gasteiger partial charge in [-0.1, -0.05) is 12.2 Å². The van der Waals surface area contributed by atoms with Crippen molar-refractivity contribution >= 4 is 0 Å². The van der Waals surface area contributed by atoms with E-state index in [2.05, 4.69) is 24.1 Å². The SMILES string of the molecule is CN1CC/C=C/CCC1. The first-order valence-corrected chi connectivity index (χ1v) is 3.73. The van der Waals surface area contributed by atoms with Crippen molar-refractivity contribution in [2.75, 3.05) is 20.1 Å². The minimum atomic E-state index is 1.23. The summed E-state index contributed by atoms with van der Waals surface area (Å²) in [5.74, 6) is 0. The first-order valence-electron chi connectivity index (χ1n) is 3.73. The number of allylic oxidation sites excluding steroid dienone is 1. The molecule has 0 saturated heterocycles. The van der Waals surface area contributed by atoms with Crippen LogP contribution in [0.3, 0.4) is 0 Å². The molecule has 0 fully saturated rings. The maximum absolute atomic E-state index is 2.39. The molecule has 1 heterocycles. The number of hydrogen-bond donors (Lipinski definition) is 0. The normalized spacial score (nSPS) is 26.8. The van der Waals surface area contributed by atoms with Gasteiger partial charge in [-0.3, -0.25) is 0 Å². The Balaban J connectivity index is 2.27. The zero-order valence-corrected chi connectivity index (χ0v) is 6.14. The fourth-order valence-electron chi connectivity index (χ4n) is 1.12. The van der Waals surface area contributed by atoms with E-state index in [-0.39, 0.29) is 0 Å². The maximum Gasteiger partial charge on any atom is 0.00129 e. The highest BCUT2D eigenvalue weighted by atomic mass is 15.1. The molecule has 1 rings (SSSR count). The van der Waals surface area contributed by atoms with Crippen LogP contribution in [0.2, 0.25) is 0 Å². The Morgan fingerprint density at radius 1 is 1.11 bits per heavy atom. The summed E-state index contributed by atoms with van der Waals surface area (Å²) in [5.41, 5.74) is 0. The van der Waals surface area contributed by atoms with Crippen LogP contribution in [0.15, 0.2) is 12.2 Å². The predicted octanol–water partition coefficient (Wildman–Crippen LogP) is 1.66. The lowest BCUT2D eigenvalue weighted by Gasteiger charge is -2.16. The van der Waals surface area contributed by atoms with Crippen LogP contribution in [0, 0.1) is 0 Å². The molecule has 0 atom stereocenters. The molecular weight excluding hydrogens is 110 g/mol. The highest BCUT2D eigenvalue weighted by molar-refractivity contribution is 4.84. The van der Waals surface area contributed by atoms with Crippen LogP contribution >= 0.6 is 0 Å². The van der Waals surface area contributed by atoms with E-state index in [0.717, 1.165) is 0 Å². The van der Waals surface area contributed by atoms with Gasteiger partial charge in [-0.05, 0) is 32.9 Å². The number of nitrogens with zero attached hydrogens (tertiary/aromatic N) is 1. The quantitative estimate of drug-likeness (QED) is 0.445. The van der Waals surface area contributed by atoms with Gasteiger partial charge >= 0.3 is 0 Å². The zero-order valence-electron chi connectivity index (χ0n) is 6.14. The molecule has 1 aliphatic heterocycles. The van der Waals surface area contributed by atoms with Gasteiger partial charge in [-0.25, -0.2) is 0 Å². The largest absolute Gasteiger partial charge is 0.306 e. The Labute approximate surface area is 57.4 Å². The van der Waals surface area contributed by atoms with Crippen molar-refractivity contribution in [3.63, 3.8) is 0 Å². The lowest BCUT2D eigenvalue weighted by molar-refractivity contribution is 0.333. The van der Waals surface area contributed by atoms with Gasteiger partial charge in [0, 0.05) is 6.54 Å². The lowest BCUT2D eigenvalue weighted by Crippen LogP contribution is -2.21. The first-order chi connectivity index (χ1) is 4.39. The summed E-state index contributed by atoms with van der Waals surface area (Å²) in [7, 11) is 2.19. The van der Waals surface area contributed by atoms with E-state index >= 15 is 0 Å². The van der Waals surface area contributed by atoms with Crippen LogP contribution < -0.4 is 0 Å². The average Bonchev–Trinajstić information content (AvgIpc) is 1.79. The summed E-state index contributed by atoms with van der Waals surface area (Å²) in [6.45, 7) is 2.50. The van der Waals surface area contributed by atoms with Gasteiger partial charge in [0.05, 0.1) is 0 Å². The highest BCUT2D eigenvalue weighted by Gasteiger charge is 1.96. The van der Waals surface area contributed by atoms with Crippen LogP contribution in [0.1, 0.15) is 19.3 Å². The summed E-state index contributed by atoms with van der Waals surface area (Å²) in [4.78, 5) is 2.39. The summed E-state index contributed by atoms with van der Waals surface area (Å²) in [6.07, 6.45) is 8.41. The number of rotatable bonds is 0. The van der Waals surface area contributed by atoms with Gasteiger partial charge in [0.1, 0.15) is 0 Å². The van der Waals surface area contributed by atoms with Gasteiger partial charge in [0.25, 0.3) is 0 Å². The molecule has 0 radical (unpaired) electrons. The molecule has 52 valence electrons. The van der Waals surface area contributed by atoms with Gasteiger partial charge in [0.15, 0.2) is 0 Å². The minimum Gasteiger partial charge on any atom is -0.306 e. The average molecular weight is 125 g/mol. The topological polar surface area (TPSA) is 3.24 Å². The molecular formula is C8H15N. The third-order valence-corrected chi connectivity index (χ3v) is 1.75. The van der Waals surface area contributed by atoms with Gasteiger partial charge in [-0.2, -0.15) is 0 Å². The van der Waals surface area contributed by atoms with E-state index in [0.29, 0.717) is 0 Å². The molecule has 0 aromatic heterocycles. The Morgan fingerprint density at radius 2 is 1.89 bits per heavy atom. The van der Waals surface area contributed by atoms with Crippen molar-refractivity contribution < 1.29 is 0 Å². The van der Waals surface area contributed by atoms with Gasteiger partial charge < -0.3 is 4.90 Å². The first kappa shape index (κ1) is 6.81. The van der Waals surface area contributed by atoms with Crippen molar-refractivity contribution in [2.45, 2.75) is 19.3 Å². The van der Waals surface area contributed by atoms with Crippen molar-refractivity contribution in [1.29, 1.82) is 0 Å². The molecule has 0 unspecified atom stereocenters. The van der Waals surface area contributed by atoms with Crippen LogP contribution in [0.25, 0.3) is 0 Å². The van der Waals surface area contributed by atoms with Crippen LogP contribution in [-0.4, -0.2) is 25.0 Å². The summed E-state index contributed by atoms with van der Waals surface area (Å²) in [6, 6.07) is 0. The molecule has 0 N–H and O–H groups in total. The number of hydrogen-bond acceptors (Lipinski definition) is 1. The third kappa shape index (κ3) is 2.66. The molecule has 0 spiro atoms. The molecule has 9 heavy (non-hydrogen) atoms. The molecule has 0 bridgehead atoms. The van der Waals surface area contributed by atoms with Crippen molar-refractivity contribution in [3.8, 4) is 0 Å². The van der Waals surface area contributed by atoms with E-state index in [1.54, 1.807) is 0 Å². The van der Waals surface area contributed by atoms with Crippen LogP contribution in [-0.2, 0) is 0 Å². The molecule has 0 amide bonds. The molecule has 1 heteroatoms. The van der Waals surface area contributed by atoms with E-state index in [9.17, 15) is 0 Å². The van der Waals surface area contributed by atoms with Gasteiger partial charge in [-0.15, -0.1) is 0 Å². The van der Waals surface area contributed by atoms with Crippen LogP contribution in [0.5, 0.6) is 0 Å². The van der Waals surface area contributed by atoms with E-state index in [4.69, 9.17) is 0 Å². The monoisotopic (exact) mass is 125 g/mol. The Hall–Kier alpha value is -0.300. The Morgan fingerprint density at radius 3 is 2.78 bits per heavy atom. The summed E-state index contributed by atoms with van der Waals surface area (Å²) >= 11 is 0. The molecule has 0 saturated carbocycles. The Bertz CT molecular complexity index is 96.7. The van der Waals surface area contributed by atoms with E-state index < -0.39 is 0 Å². The van der Waals surface area contributed by atoms with Crippen molar-refractivity contribution in [3.05, 3.63) is 12.2 Å². The van der Waals surface area contributed by atoms with Crippen molar-refractivity contribution in [1.82, 2.24) is 4.90 Å². The third-order valence-electron chi connectivity index (χ3n) is 1.75.